The largest absolute Gasteiger partial charge is 0.451 e. The van der Waals surface area contributed by atoms with Crippen molar-refractivity contribution < 1.29 is 27.8 Å². The first kappa shape index (κ1) is 27.4. The number of fused-ring (bicyclic) bond motifs is 2. The number of nitrogens with zero attached hydrogens (tertiary/aromatic N) is 7. The van der Waals surface area contributed by atoms with Crippen molar-refractivity contribution in [3.63, 3.8) is 0 Å². The molecule has 0 radical (unpaired) electrons. The number of aliphatic hydroxyl groups is 1. The summed E-state index contributed by atoms with van der Waals surface area (Å²) < 4.78 is 46.5. The van der Waals surface area contributed by atoms with Crippen LogP contribution in [0.25, 0.3) is 10.2 Å². The fourth-order valence-corrected chi connectivity index (χ4v) is 5.92. The quantitative estimate of drug-likeness (QED) is 0.477. The maximum absolute atomic E-state index is 13.3. The van der Waals surface area contributed by atoms with Gasteiger partial charge in [-0.05, 0) is 33.3 Å². The number of halogens is 3. The molecule has 1 amide bonds. The highest BCUT2D eigenvalue weighted by atomic mass is 32.1. The predicted octanol–water partition coefficient (Wildman–Crippen LogP) is 3.35. The molecule has 2 atom stereocenters. The van der Waals surface area contributed by atoms with Gasteiger partial charge in [-0.1, -0.05) is 13.3 Å². The lowest BCUT2D eigenvalue weighted by Crippen LogP contribution is -2.45. The molecule has 15 heteroatoms. The summed E-state index contributed by atoms with van der Waals surface area (Å²) in [6, 6.07) is 1.45. The topological polar surface area (TPSA) is 122 Å². The first-order chi connectivity index (χ1) is 18.3. The second-order valence-corrected chi connectivity index (χ2v) is 11.9. The van der Waals surface area contributed by atoms with Gasteiger partial charge in [0.2, 0.25) is 11.8 Å². The highest BCUT2D eigenvalue weighted by Gasteiger charge is 2.40. The molecule has 2 aliphatic heterocycles. The number of anilines is 2. The fourth-order valence-electron chi connectivity index (χ4n) is 4.80. The first-order valence-electron chi connectivity index (χ1n) is 12.8. The maximum Gasteiger partial charge on any atom is 0.451 e. The molecule has 5 rings (SSSR count). The van der Waals surface area contributed by atoms with E-state index in [1.165, 1.54) is 0 Å². The minimum absolute atomic E-state index is 0.0638. The van der Waals surface area contributed by atoms with Crippen molar-refractivity contribution in [2.75, 3.05) is 29.4 Å². The number of amides is 1. The van der Waals surface area contributed by atoms with Crippen LogP contribution in [0.3, 0.4) is 0 Å². The lowest BCUT2D eigenvalue weighted by atomic mass is 10.2. The number of carbonyl (C=O) groups excluding carboxylic acids is 1. The van der Waals surface area contributed by atoms with E-state index in [0.717, 1.165) is 32.5 Å². The molecule has 3 aromatic heterocycles. The number of nitrogens with one attached hydrogen (secondary N) is 1. The van der Waals surface area contributed by atoms with Gasteiger partial charge in [0.15, 0.2) is 5.82 Å². The Kier molecular flexibility index (Phi) is 7.07. The van der Waals surface area contributed by atoms with Crippen LogP contribution in [0.2, 0.25) is 0 Å². The Morgan fingerprint density at radius 3 is 2.64 bits per heavy atom. The van der Waals surface area contributed by atoms with Crippen molar-refractivity contribution in [3.05, 3.63) is 22.6 Å². The molecule has 2 N–H and O–H groups in total. The molecule has 1 fully saturated rings. The Bertz CT molecular complexity index is 1370. The Labute approximate surface area is 227 Å². The van der Waals surface area contributed by atoms with Crippen LogP contribution >= 0.6 is 11.3 Å². The molecule has 212 valence electrons. The molecule has 0 spiro atoms. The van der Waals surface area contributed by atoms with Crippen molar-refractivity contribution in [3.8, 4) is 0 Å². The van der Waals surface area contributed by atoms with Crippen LogP contribution in [0.1, 0.15) is 50.6 Å². The molecule has 0 saturated carbocycles. The van der Waals surface area contributed by atoms with Crippen molar-refractivity contribution in [2.45, 2.75) is 77.5 Å². The molecule has 0 aliphatic carbocycles. The molecule has 3 aromatic rings. The zero-order valence-electron chi connectivity index (χ0n) is 22.1. The minimum atomic E-state index is -4.58. The Hall–Kier alpha value is -3.20. The zero-order chi connectivity index (χ0) is 28.1. The van der Waals surface area contributed by atoms with E-state index in [9.17, 15) is 23.1 Å². The third-order valence-electron chi connectivity index (χ3n) is 6.49. The minimum Gasteiger partial charge on any atom is -0.444 e. The molecule has 5 heterocycles. The summed E-state index contributed by atoms with van der Waals surface area (Å²) >= 11 is 1.55. The highest BCUT2D eigenvalue weighted by Crippen LogP contribution is 2.36. The number of hydrogen-bond donors (Lipinski definition) is 2. The van der Waals surface area contributed by atoms with E-state index in [-0.39, 0.29) is 38.5 Å². The van der Waals surface area contributed by atoms with Gasteiger partial charge < -0.3 is 29.5 Å². The smallest absolute Gasteiger partial charge is 0.444 e. The number of aliphatic hydroxyl groups excluding tert-OH is 1. The molecular weight excluding hydrogens is 537 g/mol. The van der Waals surface area contributed by atoms with Crippen molar-refractivity contribution in [1.29, 1.82) is 0 Å². The molecular formula is C24H31F3N8O3S. The van der Waals surface area contributed by atoms with E-state index in [2.05, 4.69) is 22.4 Å². The van der Waals surface area contributed by atoms with Crippen LogP contribution in [-0.2, 0) is 30.4 Å². The number of ether oxygens (including phenoxy) is 1. The second-order valence-electron chi connectivity index (χ2n) is 10.8. The van der Waals surface area contributed by atoms with E-state index < -0.39 is 35.8 Å². The number of alkyl halides is 3. The lowest BCUT2D eigenvalue weighted by molar-refractivity contribution is -0.147. The van der Waals surface area contributed by atoms with Crippen molar-refractivity contribution >= 4 is 39.4 Å². The van der Waals surface area contributed by atoms with E-state index in [0.29, 0.717) is 11.8 Å². The number of hydrogen-bond acceptors (Lipinski definition) is 10. The Balaban J connectivity index is 1.44. The zero-order valence-corrected chi connectivity index (χ0v) is 22.9. The summed E-state index contributed by atoms with van der Waals surface area (Å²) in [6.07, 6.45) is -4.25. The second kappa shape index (κ2) is 10.1. The summed E-state index contributed by atoms with van der Waals surface area (Å²) in [5.74, 6) is 0.178. The van der Waals surface area contributed by atoms with Crippen LogP contribution in [-0.4, -0.2) is 73.3 Å². The standard InChI is InChI=1S/C24H31F3N8O3S/c1-5-6-13-9-14-18(33-7-8-35-17(12-33)31-32-20(35)24(25,26)27)29-21(30-19(14)39-13)34-10-15(16(36)11-34)28-22(37)38-23(2,3)4/h9,15-16,36H,5-8,10-12H2,1-4H3,(H,28,37). The highest BCUT2D eigenvalue weighted by molar-refractivity contribution is 7.18. The normalized spacial score (nSPS) is 20.0. The van der Waals surface area contributed by atoms with Gasteiger partial charge in [0, 0.05) is 31.1 Å². The molecule has 0 bridgehead atoms. The molecule has 0 aromatic carbocycles. The van der Waals surface area contributed by atoms with Gasteiger partial charge in [-0.2, -0.15) is 18.2 Å². The van der Waals surface area contributed by atoms with Gasteiger partial charge in [0.25, 0.3) is 0 Å². The summed E-state index contributed by atoms with van der Waals surface area (Å²) in [6.45, 7) is 8.28. The third kappa shape index (κ3) is 5.73. The summed E-state index contributed by atoms with van der Waals surface area (Å²) in [4.78, 5) is 27.5. The number of aryl methyl sites for hydroxylation is 1. The van der Waals surface area contributed by atoms with E-state index in [1.54, 1.807) is 37.0 Å². The van der Waals surface area contributed by atoms with E-state index >= 15 is 0 Å². The fraction of sp³-hybridized carbons (Fsp3) is 0.625. The first-order valence-corrected chi connectivity index (χ1v) is 13.6. The number of carbonyl (C=O) groups is 1. The van der Waals surface area contributed by atoms with Crippen LogP contribution in [0, 0.1) is 0 Å². The van der Waals surface area contributed by atoms with Gasteiger partial charge in [0.1, 0.15) is 16.2 Å². The number of rotatable bonds is 5. The van der Waals surface area contributed by atoms with Gasteiger partial charge in [0.05, 0.1) is 24.1 Å². The molecule has 2 unspecified atom stereocenters. The monoisotopic (exact) mass is 568 g/mol. The number of thiophene rings is 1. The average Bonchev–Trinajstić information content (AvgIpc) is 3.53. The van der Waals surface area contributed by atoms with Crippen LogP contribution in [0.5, 0.6) is 0 Å². The van der Waals surface area contributed by atoms with E-state index in [4.69, 9.17) is 14.7 Å². The van der Waals surface area contributed by atoms with Crippen molar-refractivity contribution in [1.82, 2.24) is 30.0 Å². The number of alkyl carbamates (subject to hydrolysis) is 1. The summed E-state index contributed by atoms with van der Waals surface area (Å²) in [5.41, 5.74) is -0.675. The van der Waals surface area contributed by atoms with Gasteiger partial charge in [-0.25, -0.2) is 9.78 Å². The predicted molar refractivity (Wildman–Crippen MR) is 139 cm³/mol. The number of aromatic nitrogens is 5. The Morgan fingerprint density at radius 2 is 1.95 bits per heavy atom. The number of β-amino-alcohol motifs (C(OH)–C–C–N with tert-alkyl or cyclic N) is 1. The molecule has 1 saturated heterocycles. The van der Waals surface area contributed by atoms with Crippen molar-refractivity contribution in [2.24, 2.45) is 0 Å². The van der Waals surface area contributed by atoms with Gasteiger partial charge in [-0.15, -0.1) is 21.5 Å². The Morgan fingerprint density at radius 1 is 1.18 bits per heavy atom. The summed E-state index contributed by atoms with van der Waals surface area (Å²) in [7, 11) is 0. The van der Waals surface area contributed by atoms with Crippen LogP contribution in [0.15, 0.2) is 6.07 Å². The van der Waals surface area contributed by atoms with Crippen LogP contribution in [0.4, 0.5) is 29.7 Å². The molecule has 39 heavy (non-hydrogen) atoms. The SMILES string of the molecule is CCCc1cc2c(N3CCn4c(nnc4C(F)(F)F)C3)nc(N3CC(O)C(NC(=O)OC(C)(C)C)C3)nc2s1. The maximum atomic E-state index is 13.3. The molecule has 2 aliphatic rings. The summed E-state index contributed by atoms with van der Waals surface area (Å²) in [5, 5.41) is 21.4. The van der Waals surface area contributed by atoms with E-state index in [1.807, 2.05) is 11.0 Å². The average molecular weight is 569 g/mol. The third-order valence-corrected chi connectivity index (χ3v) is 7.58. The van der Waals surface area contributed by atoms with Gasteiger partial charge >= 0.3 is 12.3 Å². The molecule has 11 nitrogen and oxygen atoms in total. The van der Waals surface area contributed by atoms with Gasteiger partial charge in [-0.3, -0.25) is 0 Å². The van der Waals surface area contributed by atoms with Crippen LogP contribution < -0.4 is 15.1 Å². The lowest BCUT2D eigenvalue weighted by Gasteiger charge is -2.30.